The van der Waals surface area contributed by atoms with E-state index in [9.17, 15) is 9.59 Å². The first-order valence-electron chi connectivity index (χ1n) is 10.4. The van der Waals surface area contributed by atoms with Crippen molar-refractivity contribution < 1.29 is 14.3 Å². The molecule has 160 valence electrons. The molecule has 1 fully saturated rings. The summed E-state index contributed by atoms with van der Waals surface area (Å²) in [4.78, 5) is 26.9. The van der Waals surface area contributed by atoms with E-state index in [1.54, 1.807) is 30.3 Å². The lowest BCUT2D eigenvalue weighted by Gasteiger charge is -2.20. The Morgan fingerprint density at radius 1 is 1.16 bits per heavy atom. The molecule has 0 spiro atoms. The van der Waals surface area contributed by atoms with Crippen LogP contribution in [-0.4, -0.2) is 35.2 Å². The average Bonchev–Trinajstić information content (AvgIpc) is 3.41. The Morgan fingerprint density at radius 3 is 2.58 bits per heavy atom. The number of ether oxygens (including phenoxy) is 1. The Kier molecular flexibility index (Phi) is 5.75. The molecule has 0 bridgehead atoms. The zero-order valence-corrected chi connectivity index (χ0v) is 18.0. The number of aromatic nitrogens is 2. The monoisotopic (exact) mass is 418 g/mol. The first-order chi connectivity index (χ1) is 15.0. The SMILES string of the molecule is COc1cc(NC(=O)c2cnn(-c3ccccc3)c2C(C)C)ccc1N1CCCC1=O. The molecule has 0 aliphatic carbocycles. The predicted molar refractivity (Wildman–Crippen MR) is 120 cm³/mol. The first kappa shape index (κ1) is 20.7. The summed E-state index contributed by atoms with van der Waals surface area (Å²) in [7, 11) is 1.56. The van der Waals surface area contributed by atoms with Crippen molar-refractivity contribution in [2.45, 2.75) is 32.6 Å². The molecular weight excluding hydrogens is 392 g/mol. The van der Waals surface area contributed by atoms with Gasteiger partial charge in [0, 0.05) is 24.7 Å². The molecule has 1 aromatic heterocycles. The Bertz CT molecular complexity index is 1110. The molecule has 1 saturated heterocycles. The Balaban J connectivity index is 1.61. The van der Waals surface area contributed by atoms with E-state index in [2.05, 4.69) is 10.4 Å². The van der Waals surface area contributed by atoms with Gasteiger partial charge in [0.2, 0.25) is 5.91 Å². The molecule has 0 saturated carbocycles. The largest absolute Gasteiger partial charge is 0.494 e. The molecule has 1 aliphatic heterocycles. The number of carbonyl (C=O) groups is 2. The van der Waals surface area contributed by atoms with Crippen LogP contribution in [0.3, 0.4) is 0 Å². The Hall–Kier alpha value is -3.61. The summed E-state index contributed by atoms with van der Waals surface area (Å²) in [5.41, 5.74) is 3.60. The zero-order valence-electron chi connectivity index (χ0n) is 18.0. The number of para-hydroxylation sites is 1. The van der Waals surface area contributed by atoms with Crippen molar-refractivity contribution in [2.75, 3.05) is 23.9 Å². The van der Waals surface area contributed by atoms with Crippen LogP contribution >= 0.6 is 0 Å². The van der Waals surface area contributed by atoms with Crippen LogP contribution in [0.15, 0.2) is 54.7 Å². The van der Waals surface area contributed by atoms with Crippen LogP contribution < -0.4 is 15.0 Å². The van der Waals surface area contributed by atoms with Crippen LogP contribution in [0.1, 0.15) is 48.7 Å². The molecule has 3 aromatic rings. The van der Waals surface area contributed by atoms with Crippen molar-refractivity contribution in [3.8, 4) is 11.4 Å². The molecule has 0 atom stereocenters. The summed E-state index contributed by atoms with van der Waals surface area (Å²) in [5, 5.41) is 7.41. The summed E-state index contributed by atoms with van der Waals surface area (Å²) >= 11 is 0. The van der Waals surface area contributed by atoms with E-state index in [4.69, 9.17) is 4.74 Å². The van der Waals surface area contributed by atoms with Gasteiger partial charge in [-0.2, -0.15) is 5.10 Å². The van der Waals surface area contributed by atoms with Crippen molar-refractivity contribution in [3.05, 3.63) is 66.0 Å². The standard InChI is InChI=1S/C24H26N4O3/c1-16(2)23-19(15-25-28(23)18-8-5-4-6-9-18)24(30)26-17-11-12-20(21(14-17)31-3)27-13-7-10-22(27)29/h4-6,8-9,11-12,14-16H,7,10,13H2,1-3H3,(H,26,30). The Morgan fingerprint density at radius 2 is 1.94 bits per heavy atom. The van der Waals surface area contributed by atoms with Gasteiger partial charge in [-0.05, 0) is 36.6 Å². The third kappa shape index (κ3) is 4.03. The van der Waals surface area contributed by atoms with Gasteiger partial charge in [0.1, 0.15) is 5.75 Å². The van der Waals surface area contributed by atoms with Crippen molar-refractivity contribution in [3.63, 3.8) is 0 Å². The molecule has 0 unspecified atom stereocenters. The molecule has 31 heavy (non-hydrogen) atoms. The second kappa shape index (κ2) is 8.63. The highest BCUT2D eigenvalue weighted by atomic mass is 16.5. The number of hydrogen-bond acceptors (Lipinski definition) is 4. The summed E-state index contributed by atoms with van der Waals surface area (Å²) in [6, 6.07) is 15.1. The minimum atomic E-state index is -0.238. The van der Waals surface area contributed by atoms with Crippen molar-refractivity contribution in [1.82, 2.24) is 9.78 Å². The smallest absolute Gasteiger partial charge is 0.259 e. The zero-order chi connectivity index (χ0) is 22.0. The average molecular weight is 418 g/mol. The third-order valence-electron chi connectivity index (χ3n) is 5.40. The normalized spacial score (nSPS) is 13.7. The third-order valence-corrected chi connectivity index (χ3v) is 5.40. The molecule has 2 aromatic carbocycles. The van der Waals surface area contributed by atoms with Crippen LogP contribution in [0, 0.1) is 0 Å². The fourth-order valence-corrected chi connectivity index (χ4v) is 3.94. The number of carbonyl (C=O) groups excluding carboxylic acids is 2. The molecular formula is C24H26N4O3. The van der Waals surface area contributed by atoms with E-state index in [0.717, 1.165) is 23.5 Å². The van der Waals surface area contributed by atoms with E-state index in [1.807, 2.05) is 54.9 Å². The maximum Gasteiger partial charge on any atom is 0.259 e. The summed E-state index contributed by atoms with van der Waals surface area (Å²) in [6.07, 6.45) is 2.99. The highest BCUT2D eigenvalue weighted by Gasteiger charge is 2.25. The van der Waals surface area contributed by atoms with Gasteiger partial charge in [-0.1, -0.05) is 32.0 Å². The van der Waals surface area contributed by atoms with Gasteiger partial charge in [-0.3, -0.25) is 9.59 Å². The topological polar surface area (TPSA) is 76.5 Å². The summed E-state index contributed by atoms with van der Waals surface area (Å²) in [5.74, 6) is 0.501. The lowest BCUT2D eigenvalue weighted by molar-refractivity contribution is -0.117. The fourth-order valence-electron chi connectivity index (χ4n) is 3.94. The van der Waals surface area contributed by atoms with E-state index < -0.39 is 0 Å². The molecule has 2 heterocycles. The van der Waals surface area contributed by atoms with Crippen LogP contribution in [0.5, 0.6) is 5.75 Å². The maximum atomic E-state index is 13.1. The lowest BCUT2D eigenvalue weighted by Crippen LogP contribution is -2.24. The first-order valence-corrected chi connectivity index (χ1v) is 10.4. The number of methoxy groups -OCH3 is 1. The quantitative estimate of drug-likeness (QED) is 0.644. The minimum absolute atomic E-state index is 0.0880. The number of nitrogens with one attached hydrogen (secondary N) is 1. The highest BCUT2D eigenvalue weighted by molar-refractivity contribution is 6.05. The number of nitrogens with zero attached hydrogens (tertiary/aromatic N) is 3. The van der Waals surface area contributed by atoms with Crippen LogP contribution in [0.4, 0.5) is 11.4 Å². The molecule has 2 amide bonds. The van der Waals surface area contributed by atoms with Gasteiger partial charge in [-0.25, -0.2) is 4.68 Å². The van der Waals surface area contributed by atoms with Crippen LogP contribution in [-0.2, 0) is 4.79 Å². The molecule has 0 radical (unpaired) electrons. The Labute approximate surface area is 181 Å². The van der Waals surface area contributed by atoms with Gasteiger partial charge in [0.05, 0.1) is 35.9 Å². The van der Waals surface area contributed by atoms with Crippen LogP contribution in [0.2, 0.25) is 0 Å². The van der Waals surface area contributed by atoms with E-state index in [-0.39, 0.29) is 17.7 Å². The second-order valence-corrected chi connectivity index (χ2v) is 7.84. The van der Waals surface area contributed by atoms with Gasteiger partial charge in [0.25, 0.3) is 5.91 Å². The van der Waals surface area contributed by atoms with Gasteiger partial charge < -0.3 is 15.0 Å². The number of rotatable bonds is 6. The van der Waals surface area contributed by atoms with E-state index >= 15 is 0 Å². The number of hydrogen-bond donors (Lipinski definition) is 1. The van der Waals surface area contributed by atoms with Crippen LogP contribution in [0.25, 0.3) is 5.69 Å². The van der Waals surface area contributed by atoms with Crippen molar-refractivity contribution in [1.29, 1.82) is 0 Å². The van der Waals surface area contributed by atoms with E-state index in [1.165, 1.54) is 0 Å². The van der Waals surface area contributed by atoms with Gasteiger partial charge in [0.15, 0.2) is 0 Å². The summed E-state index contributed by atoms with van der Waals surface area (Å²) in [6.45, 7) is 4.76. The van der Waals surface area contributed by atoms with Gasteiger partial charge >= 0.3 is 0 Å². The molecule has 1 N–H and O–H groups in total. The molecule has 7 nitrogen and oxygen atoms in total. The minimum Gasteiger partial charge on any atom is -0.494 e. The highest BCUT2D eigenvalue weighted by Crippen LogP contribution is 2.34. The molecule has 7 heteroatoms. The fraction of sp³-hybridized carbons (Fsp3) is 0.292. The number of anilines is 2. The predicted octanol–water partition coefficient (Wildman–Crippen LogP) is 4.38. The lowest BCUT2D eigenvalue weighted by atomic mass is 10.0. The van der Waals surface area contributed by atoms with Crippen molar-refractivity contribution >= 4 is 23.2 Å². The number of amides is 2. The summed E-state index contributed by atoms with van der Waals surface area (Å²) < 4.78 is 7.30. The van der Waals surface area contributed by atoms with Crippen molar-refractivity contribution in [2.24, 2.45) is 0 Å². The molecule has 1 aliphatic rings. The second-order valence-electron chi connectivity index (χ2n) is 7.84. The van der Waals surface area contributed by atoms with E-state index in [0.29, 0.717) is 30.0 Å². The van der Waals surface area contributed by atoms with Gasteiger partial charge in [-0.15, -0.1) is 0 Å². The number of benzene rings is 2. The molecule has 4 rings (SSSR count). The maximum absolute atomic E-state index is 13.1.